The van der Waals surface area contributed by atoms with Gasteiger partial charge in [-0.15, -0.1) is 0 Å². The van der Waals surface area contributed by atoms with E-state index in [0.717, 1.165) is 24.9 Å². The minimum absolute atomic E-state index is 0.106. The first-order valence-electron chi connectivity index (χ1n) is 11.1. The number of halogens is 7. The van der Waals surface area contributed by atoms with Gasteiger partial charge in [0.05, 0.1) is 12.5 Å². The summed E-state index contributed by atoms with van der Waals surface area (Å²) in [7, 11) is 4.14. The molecule has 1 aromatic heterocycles. The van der Waals surface area contributed by atoms with Gasteiger partial charge in [0.25, 0.3) is 0 Å². The van der Waals surface area contributed by atoms with Crippen LogP contribution in [0.15, 0.2) is 48.8 Å². The fourth-order valence-electron chi connectivity index (χ4n) is 3.63. The van der Waals surface area contributed by atoms with E-state index in [1.165, 1.54) is 17.7 Å². The highest BCUT2D eigenvalue weighted by Gasteiger charge is 2.39. The average molecular weight is 569 g/mol. The number of hydrogen-bond acceptors (Lipinski definition) is 5. The number of benzene rings is 1. The quantitative estimate of drug-likeness (QED) is 0.527. The van der Waals surface area contributed by atoms with Gasteiger partial charge in [-0.2, -0.15) is 26.3 Å². The number of hydrogen-bond donors (Lipinski definition) is 2. The number of likely N-dealkylation sites (tertiary alicyclic amines) is 1. The topological polar surface area (TPSA) is 111 Å². The van der Waals surface area contributed by atoms with E-state index in [1.807, 2.05) is 17.0 Å². The maximum Gasteiger partial charge on any atom is 0.490 e. The molecule has 1 aliphatic rings. The Labute approximate surface area is 218 Å². The van der Waals surface area contributed by atoms with Crippen molar-refractivity contribution in [2.75, 3.05) is 20.6 Å². The molecular weight excluding hydrogens is 543 g/mol. The van der Waals surface area contributed by atoms with Gasteiger partial charge in [0, 0.05) is 25.0 Å². The second-order valence-corrected chi connectivity index (χ2v) is 8.44. The number of carbonyl (C=O) groups is 3. The summed E-state index contributed by atoms with van der Waals surface area (Å²) in [5.74, 6) is -5.68. The Morgan fingerprint density at radius 2 is 1.36 bits per heavy atom. The molecule has 1 amide bonds. The van der Waals surface area contributed by atoms with Crippen LogP contribution in [0.5, 0.6) is 0 Å². The summed E-state index contributed by atoms with van der Waals surface area (Å²) in [6, 6.07) is 10.7. The summed E-state index contributed by atoms with van der Waals surface area (Å²) >= 11 is 0. The minimum Gasteiger partial charge on any atom is -0.475 e. The predicted octanol–water partition coefficient (Wildman–Crippen LogP) is 3.80. The minimum atomic E-state index is -5.08. The summed E-state index contributed by atoms with van der Waals surface area (Å²) in [6.07, 6.45) is -4.48. The predicted molar refractivity (Wildman–Crippen MR) is 123 cm³/mol. The van der Waals surface area contributed by atoms with Crippen molar-refractivity contribution in [3.8, 4) is 0 Å². The van der Waals surface area contributed by atoms with Crippen molar-refractivity contribution < 1.29 is 55.3 Å². The summed E-state index contributed by atoms with van der Waals surface area (Å²) < 4.78 is 76.5. The molecule has 0 saturated carbocycles. The SMILES string of the molecule is CN(C)[C@@H]1CCN(C(=O)Cc2ccc(F)cc2)[C@H]1Cc1ccncc1.O=C(O)C(F)(F)F.O=C(O)C(F)(F)F. The molecular formula is C24H26F7N3O5. The molecule has 39 heavy (non-hydrogen) atoms. The fourth-order valence-corrected chi connectivity index (χ4v) is 3.63. The van der Waals surface area contributed by atoms with Crippen LogP contribution in [0, 0.1) is 5.82 Å². The van der Waals surface area contributed by atoms with Crippen LogP contribution in [0.25, 0.3) is 0 Å². The molecule has 2 atom stereocenters. The molecule has 2 heterocycles. The molecule has 0 radical (unpaired) electrons. The molecule has 3 rings (SSSR count). The highest BCUT2D eigenvalue weighted by atomic mass is 19.4. The molecule has 216 valence electrons. The third-order valence-corrected chi connectivity index (χ3v) is 5.44. The van der Waals surface area contributed by atoms with Gasteiger partial charge in [0.15, 0.2) is 0 Å². The lowest BCUT2D eigenvalue weighted by molar-refractivity contribution is -0.193. The number of pyridine rings is 1. The Bertz CT molecular complexity index is 1050. The number of likely N-dealkylation sites (N-methyl/N-ethyl adjacent to an activating group) is 1. The first-order chi connectivity index (χ1) is 17.9. The zero-order chi connectivity index (χ0) is 30.0. The standard InChI is InChI=1S/C20H24FN3O.2C2HF3O2/c1-23(2)18-9-12-24(19(18)13-16-7-10-22-11-8-16)20(25)14-15-3-5-17(21)6-4-15;2*3-2(4,5)1(6)7/h3-8,10-11,18-19H,9,12-14H2,1-2H3;2*(H,6,7)/t18-,19+;;/m1../s1. The Morgan fingerprint density at radius 1 is 0.897 bits per heavy atom. The smallest absolute Gasteiger partial charge is 0.475 e. The Balaban J connectivity index is 0.000000449. The van der Waals surface area contributed by atoms with E-state index in [0.29, 0.717) is 12.5 Å². The summed E-state index contributed by atoms with van der Waals surface area (Å²) in [6.45, 7) is 0.763. The lowest BCUT2D eigenvalue weighted by atomic mass is 9.99. The number of aliphatic carboxylic acids is 2. The lowest BCUT2D eigenvalue weighted by Gasteiger charge is -2.31. The highest BCUT2D eigenvalue weighted by molar-refractivity contribution is 5.79. The van der Waals surface area contributed by atoms with Gasteiger partial charge in [-0.3, -0.25) is 9.78 Å². The zero-order valence-electron chi connectivity index (χ0n) is 20.7. The average Bonchev–Trinajstić information content (AvgIpc) is 3.25. The number of rotatable bonds is 5. The van der Waals surface area contributed by atoms with Crippen molar-refractivity contribution in [1.82, 2.24) is 14.8 Å². The van der Waals surface area contributed by atoms with Crippen LogP contribution in [0.4, 0.5) is 30.7 Å². The van der Waals surface area contributed by atoms with Crippen LogP contribution in [0.2, 0.25) is 0 Å². The van der Waals surface area contributed by atoms with Crippen LogP contribution in [-0.4, -0.2) is 87.9 Å². The van der Waals surface area contributed by atoms with Crippen LogP contribution in [0.3, 0.4) is 0 Å². The molecule has 15 heteroatoms. The third-order valence-electron chi connectivity index (χ3n) is 5.44. The highest BCUT2D eigenvalue weighted by Crippen LogP contribution is 2.26. The second-order valence-electron chi connectivity index (χ2n) is 8.44. The van der Waals surface area contributed by atoms with Gasteiger partial charge in [-0.05, 0) is 62.3 Å². The number of aromatic nitrogens is 1. The third kappa shape index (κ3) is 11.7. The van der Waals surface area contributed by atoms with Crippen LogP contribution < -0.4 is 0 Å². The van der Waals surface area contributed by atoms with Crippen molar-refractivity contribution in [3.63, 3.8) is 0 Å². The van der Waals surface area contributed by atoms with E-state index in [4.69, 9.17) is 19.8 Å². The van der Waals surface area contributed by atoms with Gasteiger partial charge in [0.2, 0.25) is 5.91 Å². The molecule has 1 saturated heterocycles. The van der Waals surface area contributed by atoms with Crippen LogP contribution >= 0.6 is 0 Å². The van der Waals surface area contributed by atoms with Crippen molar-refractivity contribution in [2.45, 2.75) is 43.7 Å². The maximum atomic E-state index is 13.1. The normalized spacial score (nSPS) is 17.0. The molecule has 1 fully saturated rings. The van der Waals surface area contributed by atoms with E-state index in [-0.39, 0.29) is 17.8 Å². The van der Waals surface area contributed by atoms with Crippen LogP contribution in [0.1, 0.15) is 17.5 Å². The Kier molecular flexibility index (Phi) is 12.3. The van der Waals surface area contributed by atoms with Gasteiger partial charge in [-0.25, -0.2) is 14.0 Å². The summed E-state index contributed by atoms with van der Waals surface area (Å²) in [5, 5.41) is 14.2. The van der Waals surface area contributed by atoms with Crippen molar-refractivity contribution in [2.24, 2.45) is 0 Å². The number of alkyl halides is 6. The van der Waals surface area contributed by atoms with Crippen molar-refractivity contribution in [3.05, 3.63) is 65.7 Å². The number of nitrogens with zero attached hydrogens (tertiary/aromatic N) is 3. The monoisotopic (exact) mass is 569 g/mol. The molecule has 0 aliphatic carbocycles. The Hall–Kier alpha value is -3.75. The van der Waals surface area contributed by atoms with Gasteiger partial charge >= 0.3 is 24.3 Å². The number of carboxylic acid groups (broad SMARTS) is 2. The van der Waals surface area contributed by atoms with E-state index >= 15 is 0 Å². The molecule has 1 aliphatic heterocycles. The lowest BCUT2D eigenvalue weighted by Crippen LogP contribution is -2.46. The van der Waals surface area contributed by atoms with Gasteiger partial charge in [-0.1, -0.05) is 12.1 Å². The maximum absolute atomic E-state index is 13.1. The van der Waals surface area contributed by atoms with Gasteiger partial charge < -0.3 is 20.0 Å². The molecule has 1 aromatic carbocycles. The second kappa shape index (κ2) is 14.4. The Morgan fingerprint density at radius 3 is 1.77 bits per heavy atom. The summed E-state index contributed by atoms with van der Waals surface area (Å²) in [5.41, 5.74) is 2.04. The number of carboxylic acids is 2. The van der Waals surface area contributed by atoms with E-state index in [1.54, 1.807) is 24.5 Å². The molecule has 2 N–H and O–H groups in total. The van der Waals surface area contributed by atoms with E-state index in [9.17, 15) is 35.5 Å². The van der Waals surface area contributed by atoms with Crippen molar-refractivity contribution in [1.29, 1.82) is 0 Å². The first-order valence-corrected chi connectivity index (χ1v) is 11.1. The number of carbonyl (C=O) groups excluding carboxylic acids is 1. The van der Waals surface area contributed by atoms with E-state index < -0.39 is 24.3 Å². The van der Waals surface area contributed by atoms with E-state index in [2.05, 4.69) is 24.0 Å². The molecule has 2 aromatic rings. The largest absolute Gasteiger partial charge is 0.490 e. The molecule has 0 spiro atoms. The van der Waals surface area contributed by atoms with Gasteiger partial charge in [0.1, 0.15) is 5.82 Å². The molecule has 8 nitrogen and oxygen atoms in total. The first kappa shape index (κ1) is 33.3. The zero-order valence-corrected chi connectivity index (χ0v) is 20.7. The molecule has 0 bridgehead atoms. The van der Waals surface area contributed by atoms with Crippen molar-refractivity contribution >= 4 is 17.8 Å². The fraction of sp³-hybridized carbons (Fsp3) is 0.417. The number of amides is 1. The van der Waals surface area contributed by atoms with Crippen LogP contribution in [-0.2, 0) is 27.2 Å². The molecule has 0 unspecified atom stereocenters. The summed E-state index contributed by atoms with van der Waals surface area (Å²) in [4.78, 5) is 38.9.